The van der Waals surface area contributed by atoms with Crippen LogP contribution in [-0.4, -0.2) is 15.0 Å². The normalized spacial score (nSPS) is 11.4. The molecule has 114 valence electrons. The molecule has 0 saturated heterocycles. The van der Waals surface area contributed by atoms with Gasteiger partial charge >= 0.3 is 6.01 Å². The molecule has 0 aliphatic carbocycles. The van der Waals surface area contributed by atoms with E-state index in [9.17, 15) is 0 Å². The Balaban J connectivity index is 1.67. The molecule has 0 unspecified atom stereocenters. The van der Waals surface area contributed by atoms with Gasteiger partial charge in [-0.2, -0.15) is 0 Å². The van der Waals surface area contributed by atoms with Crippen molar-refractivity contribution >= 4 is 11.3 Å². The van der Waals surface area contributed by atoms with Gasteiger partial charge in [0.1, 0.15) is 11.8 Å². The highest BCUT2D eigenvalue weighted by atomic mass is 32.1. The molecular formula is C18H15N3OS. The van der Waals surface area contributed by atoms with Crippen LogP contribution in [0, 0.1) is 18.8 Å². The van der Waals surface area contributed by atoms with Gasteiger partial charge in [-0.15, -0.1) is 11.3 Å². The lowest BCUT2D eigenvalue weighted by Gasteiger charge is -2.12. The first-order chi connectivity index (χ1) is 11.2. The topological polar surface area (TPSA) is 47.9 Å². The number of aryl methyl sites for hydroxylation is 1. The van der Waals surface area contributed by atoms with E-state index in [-0.39, 0.29) is 6.10 Å². The minimum atomic E-state index is -0.105. The molecule has 0 aliphatic rings. The second-order valence-corrected chi connectivity index (χ2v) is 5.99. The van der Waals surface area contributed by atoms with Crippen LogP contribution in [0.15, 0.2) is 48.1 Å². The average molecular weight is 321 g/mol. The summed E-state index contributed by atoms with van der Waals surface area (Å²) >= 11 is 1.58. The lowest BCUT2D eigenvalue weighted by atomic mass is 10.1. The fourth-order valence-corrected chi connectivity index (χ4v) is 2.49. The number of rotatable bonds is 3. The van der Waals surface area contributed by atoms with Crippen LogP contribution < -0.4 is 4.74 Å². The van der Waals surface area contributed by atoms with E-state index in [2.05, 4.69) is 26.8 Å². The van der Waals surface area contributed by atoms with Gasteiger partial charge in [0, 0.05) is 17.8 Å². The Labute approximate surface area is 139 Å². The van der Waals surface area contributed by atoms with Crippen LogP contribution >= 0.6 is 11.3 Å². The van der Waals surface area contributed by atoms with Crippen molar-refractivity contribution in [1.29, 1.82) is 0 Å². The summed E-state index contributed by atoms with van der Waals surface area (Å²) in [5, 5.41) is 2.94. The van der Waals surface area contributed by atoms with E-state index in [1.807, 2.05) is 49.6 Å². The Morgan fingerprint density at radius 2 is 1.83 bits per heavy atom. The Kier molecular flexibility index (Phi) is 4.65. The van der Waals surface area contributed by atoms with Crippen molar-refractivity contribution in [2.24, 2.45) is 0 Å². The number of ether oxygens (including phenoxy) is 1. The maximum atomic E-state index is 5.74. The molecule has 4 nitrogen and oxygen atoms in total. The van der Waals surface area contributed by atoms with Crippen molar-refractivity contribution in [2.45, 2.75) is 20.0 Å². The van der Waals surface area contributed by atoms with Crippen LogP contribution in [0.4, 0.5) is 0 Å². The van der Waals surface area contributed by atoms with Crippen LogP contribution in [-0.2, 0) is 0 Å². The maximum absolute atomic E-state index is 5.74. The third-order valence-electron chi connectivity index (χ3n) is 3.13. The molecule has 3 rings (SSSR count). The Hall–Kier alpha value is -2.71. The van der Waals surface area contributed by atoms with E-state index >= 15 is 0 Å². The van der Waals surface area contributed by atoms with Crippen molar-refractivity contribution in [2.75, 3.05) is 0 Å². The molecule has 0 radical (unpaired) electrons. The third kappa shape index (κ3) is 4.15. The standard InChI is InChI=1S/C18H15N3OS/c1-13(16-6-4-3-5-7-16)22-18-19-10-15(11-20-18)8-9-17-12-23-14(2)21-17/h3-7,10-13H,1-2H3/t13-/m0/s1. The van der Waals surface area contributed by atoms with E-state index in [1.54, 1.807) is 23.7 Å². The monoisotopic (exact) mass is 321 g/mol. The van der Waals surface area contributed by atoms with Gasteiger partial charge in [0.15, 0.2) is 0 Å². The van der Waals surface area contributed by atoms with Crippen LogP contribution in [0.5, 0.6) is 6.01 Å². The second kappa shape index (κ2) is 7.03. The number of hydrogen-bond acceptors (Lipinski definition) is 5. The number of nitrogens with zero attached hydrogens (tertiary/aromatic N) is 3. The minimum absolute atomic E-state index is 0.105. The van der Waals surface area contributed by atoms with Gasteiger partial charge in [-0.3, -0.25) is 0 Å². The summed E-state index contributed by atoms with van der Waals surface area (Å²) in [5.41, 5.74) is 2.58. The summed E-state index contributed by atoms with van der Waals surface area (Å²) in [5.74, 6) is 6.00. The van der Waals surface area contributed by atoms with Crippen molar-refractivity contribution in [3.8, 4) is 17.9 Å². The van der Waals surface area contributed by atoms with E-state index in [0.29, 0.717) is 6.01 Å². The van der Waals surface area contributed by atoms with Crippen LogP contribution in [0.3, 0.4) is 0 Å². The summed E-state index contributed by atoms with van der Waals surface area (Å²) in [4.78, 5) is 12.7. The maximum Gasteiger partial charge on any atom is 0.316 e. The number of hydrogen-bond donors (Lipinski definition) is 0. The smallest absolute Gasteiger partial charge is 0.316 e. The first-order valence-electron chi connectivity index (χ1n) is 7.18. The Bertz CT molecular complexity index is 832. The highest BCUT2D eigenvalue weighted by Crippen LogP contribution is 2.17. The molecule has 1 aromatic carbocycles. The predicted octanol–water partition coefficient (Wildman–Crippen LogP) is 3.78. The van der Waals surface area contributed by atoms with Gasteiger partial charge in [-0.05, 0) is 25.3 Å². The van der Waals surface area contributed by atoms with E-state index in [4.69, 9.17) is 4.74 Å². The first-order valence-corrected chi connectivity index (χ1v) is 8.06. The second-order valence-electron chi connectivity index (χ2n) is 4.93. The van der Waals surface area contributed by atoms with Crippen LogP contribution in [0.25, 0.3) is 0 Å². The summed E-state index contributed by atoms with van der Waals surface area (Å²) in [6.45, 7) is 3.93. The quantitative estimate of drug-likeness (QED) is 0.689. The van der Waals surface area contributed by atoms with Gasteiger partial charge in [0.2, 0.25) is 0 Å². The summed E-state index contributed by atoms with van der Waals surface area (Å²) < 4.78 is 5.74. The minimum Gasteiger partial charge on any atom is -0.456 e. The Morgan fingerprint density at radius 3 is 2.48 bits per heavy atom. The number of aromatic nitrogens is 3. The zero-order valence-corrected chi connectivity index (χ0v) is 13.7. The van der Waals surface area contributed by atoms with Crippen LogP contribution in [0.1, 0.15) is 34.9 Å². The predicted molar refractivity (Wildman–Crippen MR) is 90.3 cm³/mol. The SMILES string of the molecule is Cc1nc(C#Cc2cnc(O[C@@H](C)c3ccccc3)nc2)cs1. The van der Waals surface area contributed by atoms with Gasteiger partial charge in [0.05, 0.1) is 10.6 Å². The molecule has 0 spiro atoms. The van der Waals surface area contributed by atoms with E-state index in [1.165, 1.54) is 0 Å². The van der Waals surface area contributed by atoms with Gasteiger partial charge < -0.3 is 4.74 Å². The van der Waals surface area contributed by atoms with Crippen molar-refractivity contribution < 1.29 is 4.74 Å². The first kappa shape index (κ1) is 15.2. The molecule has 23 heavy (non-hydrogen) atoms. The summed E-state index contributed by atoms with van der Waals surface area (Å²) in [6, 6.07) is 10.3. The molecule has 3 aromatic rings. The lowest BCUT2D eigenvalue weighted by Crippen LogP contribution is -2.05. The average Bonchev–Trinajstić information content (AvgIpc) is 3.00. The number of benzene rings is 1. The van der Waals surface area contributed by atoms with Gasteiger partial charge in [0.25, 0.3) is 0 Å². The molecule has 0 aliphatic heterocycles. The summed E-state index contributed by atoms with van der Waals surface area (Å²) in [7, 11) is 0. The fourth-order valence-electron chi connectivity index (χ4n) is 1.95. The number of thiazole rings is 1. The van der Waals surface area contributed by atoms with E-state index < -0.39 is 0 Å². The fraction of sp³-hybridized carbons (Fsp3) is 0.167. The largest absolute Gasteiger partial charge is 0.456 e. The zero-order chi connectivity index (χ0) is 16.1. The molecule has 2 aromatic heterocycles. The summed E-state index contributed by atoms with van der Waals surface area (Å²) in [6.07, 6.45) is 3.21. The molecule has 1 atom stereocenters. The van der Waals surface area contributed by atoms with Crippen molar-refractivity contribution in [1.82, 2.24) is 15.0 Å². The molecule has 2 heterocycles. The molecule has 0 bridgehead atoms. The van der Waals surface area contributed by atoms with Crippen LogP contribution in [0.2, 0.25) is 0 Å². The third-order valence-corrected chi connectivity index (χ3v) is 3.91. The van der Waals surface area contributed by atoms with Gasteiger partial charge in [-0.25, -0.2) is 15.0 Å². The van der Waals surface area contributed by atoms with Crippen molar-refractivity contribution in [3.63, 3.8) is 0 Å². The molecule has 0 fully saturated rings. The zero-order valence-electron chi connectivity index (χ0n) is 12.9. The highest BCUT2D eigenvalue weighted by Gasteiger charge is 2.08. The van der Waals surface area contributed by atoms with Gasteiger partial charge in [-0.1, -0.05) is 36.3 Å². The van der Waals surface area contributed by atoms with Crippen molar-refractivity contribution in [3.05, 3.63) is 69.9 Å². The molecular weight excluding hydrogens is 306 g/mol. The molecule has 0 amide bonds. The molecule has 0 N–H and O–H groups in total. The molecule has 5 heteroatoms. The Morgan fingerprint density at radius 1 is 1.09 bits per heavy atom. The lowest BCUT2D eigenvalue weighted by molar-refractivity contribution is 0.207. The molecule has 0 saturated carbocycles. The highest BCUT2D eigenvalue weighted by molar-refractivity contribution is 7.09. The van der Waals surface area contributed by atoms with E-state index in [0.717, 1.165) is 21.8 Å².